The first kappa shape index (κ1) is 16.1. The molecule has 20 heavy (non-hydrogen) atoms. The Morgan fingerprint density at radius 3 is 2.65 bits per heavy atom. The highest BCUT2D eigenvalue weighted by atomic mass is 79.9. The maximum Gasteiger partial charge on any atom is 0.0857 e. The molecule has 0 saturated heterocycles. The highest BCUT2D eigenvalue weighted by molar-refractivity contribution is 9.11. The summed E-state index contributed by atoms with van der Waals surface area (Å²) in [5, 5.41) is 7.94. The second-order valence-electron chi connectivity index (χ2n) is 5.76. The molecule has 0 aliphatic heterocycles. The van der Waals surface area contributed by atoms with Gasteiger partial charge in [0.2, 0.25) is 0 Å². The minimum atomic E-state index is 0.0338. The van der Waals surface area contributed by atoms with Gasteiger partial charge in [0.25, 0.3) is 0 Å². The predicted molar refractivity (Wildman–Crippen MR) is 90.7 cm³/mol. The van der Waals surface area contributed by atoms with Crippen LogP contribution < -0.4 is 5.32 Å². The van der Waals surface area contributed by atoms with Crippen molar-refractivity contribution in [2.24, 2.45) is 0 Å². The maximum atomic E-state index is 4.36. The zero-order chi connectivity index (χ0) is 14.8. The minimum absolute atomic E-state index is 0.0338. The summed E-state index contributed by atoms with van der Waals surface area (Å²) in [5.41, 5.74) is 1.15. The predicted octanol–water partition coefficient (Wildman–Crippen LogP) is 4.55. The zero-order valence-electron chi connectivity index (χ0n) is 12.2. The number of thiophene rings is 1. The van der Waals surface area contributed by atoms with E-state index in [1.165, 1.54) is 25.1 Å². The summed E-state index contributed by atoms with van der Waals surface area (Å²) in [6.07, 6.45) is 0.983. The van der Waals surface area contributed by atoms with Crippen molar-refractivity contribution in [1.29, 1.82) is 0 Å². The van der Waals surface area contributed by atoms with Crippen LogP contribution in [0.15, 0.2) is 15.9 Å². The standard InChI is InChI=1S/C14H20BrN3S2/c1-5-16-10(8-9-6-7-11(15)19-9)12-13(14(2,3)4)17-18-20-12/h6-7,10,16H,5,8H2,1-4H3. The Hall–Kier alpha value is -0.300. The summed E-state index contributed by atoms with van der Waals surface area (Å²) in [4.78, 5) is 2.64. The van der Waals surface area contributed by atoms with Crippen molar-refractivity contribution in [3.05, 3.63) is 31.4 Å². The summed E-state index contributed by atoms with van der Waals surface area (Å²) in [7, 11) is 0. The van der Waals surface area contributed by atoms with Gasteiger partial charge in [0.05, 0.1) is 14.4 Å². The first-order valence-electron chi connectivity index (χ1n) is 6.72. The Morgan fingerprint density at radius 2 is 2.10 bits per heavy atom. The van der Waals surface area contributed by atoms with Crippen molar-refractivity contribution >= 4 is 38.8 Å². The van der Waals surface area contributed by atoms with Crippen LogP contribution in [-0.4, -0.2) is 16.1 Å². The van der Waals surface area contributed by atoms with Crippen LogP contribution in [0.2, 0.25) is 0 Å². The monoisotopic (exact) mass is 373 g/mol. The lowest BCUT2D eigenvalue weighted by Crippen LogP contribution is -2.25. The van der Waals surface area contributed by atoms with Gasteiger partial charge in [-0.2, -0.15) is 0 Å². The summed E-state index contributed by atoms with van der Waals surface area (Å²) in [5.74, 6) is 0. The Labute approximate surface area is 137 Å². The molecular weight excluding hydrogens is 354 g/mol. The third-order valence-corrected chi connectivity index (χ3v) is 5.51. The van der Waals surface area contributed by atoms with Crippen LogP contribution in [-0.2, 0) is 11.8 Å². The summed E-state index contributed by atoms with van der Waals surface area (Å²) in [6, 6.07) is 4.59. The van der Waals surface area contributed by atoms with Gasteiger partial charge in [0.15, 0.2) is 0 Å². The van der Waals surface area contributed by atoms with E-state index in [4.69, 9.17) is 0 Å². The number of hydrogen-bond donors (Lipinski definition) is 1. The Morgan fingerprint density at radius 1 is 1.35 bits per heavy atom. The molecule has 0 aliphatic carbocycles. The van der Waals surface area contributed by atoms with Crippen LogP contribution in [0.1, 0.15) is 49.2 Å². The van der Waals surface area contributed by atoms with Crippen molar-refractivity contribution in [2.45, 2.75) is 45.6 Å². The molecule has 3 nitrogen and oxygen atoms in total. The number of rotatable bonds is 5. The molecule has 1 N–H and O–H groups in total. The van der Waals surface area contributed by atoms with Crippen LogP contribution in [0, 0.1) is 0 Å². The minimum Gasteiger partial charge on any atom is -0.309 e. The molecule has 0 saturated carbocycles. The summed E-state index contributed by atoms with van der Waals surface area (Å²) < 4.78 is 5.37. The Bertz CT molecular complexity index is 557. The molecule has 0 aromatic carbocycles. The molecule has 2 heterocycles. The van der Waals surface area contributed by atoms with Gasteiger partial charge in [-0.3, -0.25) is 0 Å². The third kappa shape index (κ3) is 3.87. The first-order chi connectivity index (χ1) is 9.41. The molecule has 2 aromatic heterocycles. The van der Waals surface area contributed by atoms with Crippen LogP contribution >= 0.6 is 38.8 Å². The first-order valence-corrected chi connectivity index (χ1v) is 9.10. The number of likely N-dealkylation sites (N-methyl/N-ethyl adjacent to an activating group) is 1. The second kappa shape index (κ2) is 6.64. The molecule has 0 amide bonds. The molecule has 0 radical (unpaired) electrons. The molecule has 0 aliphatic rings. The molecule has 2 aromatic rings. The average Bonchev–Trinajstić information content (AvgIpc) is 2.96. The fourth-order valence-corrected chi connectivity index (χ4v) is 4.58. The number of aromatic nitrogens is 2. The van der Waals surface area contributed by atoms with E-state index in [0.717, 1.165) is 18.7 Å². The molecule has 6 heteroatoms. The smallest absolute Gasteiger partial charge is 0.0857 e. The van der Waals surface area contributed by atoms with Crippen LogP contribution in [0.25, 0.3) is 0 Å². The molecule has 1 atom stereocenters. The average molecular weight is 374 g/mol. The van der Waals surface area contributed by atoms with Crippen molar-refractivity contribution in [2.75, 3.05) is 6.54 Å². The Balaban J connectivity index is 2.27. The topological polar surface area (TPSA) is 37.8 Å². The molecule has 1 unspecified atom stereocenters. The van der Waals surface area contributed by atoms with E-state index >= 15 is 0 Å². The number of nitrogens with zero attached hydrogens (tertiary/aromatic N) is 2. The number of halogens is 1. The van der Waals surface area contributed by atoms with Gasteiger partial charge in [-0.25, -0.2) is 0 Å². The lowest BCUT2D eigenvalue weighted by molar-refractivity contribution is 0.516. The molecule has 2 rings (SSSR count). The van der Waals surface area contributed by atoms with Gasteiger partial charge in [-0.05, 0) is 46.1 Å². The highest BCUT2D eigenvalue weighted by Gasteiger charge is 2.27. The quantitative estimate of drug-likeness (QED) is 0.834. The third-order valence-electron chi connectivity index (χ3n) is 3.02. The van der Waals surface area contributed by atoms with Crippen LogP contribution in [0.5, 0.6) is 0 Å². The van der Waals surface area contributed by atoms with Gasteiger partial charge in [0, 0.05) is 22.8 Å². The molecule has 0 fully saturated rings. The summed E-state index contributed by atoms with van der Waals surface area (Å²) in [6.45, 7) is 9.66. The van der Waals surface area contributed by atoms with E-state index < -0.39 is 0 Å². The number of nitrogens with one attached hydrogen (secondary N) is 1. The maximum absolute atomic E-state index is 4.36. The lowest BCUT2D eigenvalue weighted by Gasteiger charge is -2.22. The molecule has 0 spiro atoms. The van der Waals surface area contributed by atoms with Crippen molar-refractivity contribution in [3.63, 3.8) is 0 Å². The Kier molecular flexibility index (Phi) is 5.34. The fraction of sp³-hybridized carbons (Fsp3) is 0.571. The molecule has 110 valence electrons. The van der Waals surface area contributed by atoms with E-state index in [1.807, 2.05) is 0 Å². The van der Waals surface area contributed by atoms with E-state index in [1.54, 1.807) is 11.3 Å². The normalized spacial score (nSPS) is 13.7. The molecular formula is C14H20BrN3S2. The SMILES string of the molecule is CCNC(Cc1ccc(Br)s1)c1snnc1C(C)(C)C. The largest absolute Gasteiger partial charge is 0.309 e. The van der Waals surface area contributed by atoms with E-state index in [0.29, 0.717) is 6.04 Å². The van der Waals surface area contributed by atoms with Crippen LogP contribution in [0.3, 0.4) is 0 Å². The van der Waals surface area contributed by atoms with Gasteiger partial charge < -0.3 is 5.32 Å². The van der Waals surface area contributed by atoms with E-state index in [9.17, 15) is 0 Å². The van der Waals surface area contributed by atoms with E-state index in [2.05, 4.69) is 70.7 Å². The van der Waals surface area contributed by atoms with Crippen molar-refractivity contribution in [3.8, 4) is 0 Å². The van der Waals surface area contributed by atoms with Gasteiger partial charge >= 0.3 is 0 Å². The zero-order valence-corrected chi connectivity index (χ0v) is 15.5. The summed E-state index contributed by atoms with van der Waals surface area (Å²) >= 11 is 6.84. The number of hydrogen-bond acceptors (Lipinski definition) is 5. The lowest BCUT2D eigenvalue weighted by atomic mass is 9.89. The van der Waals surface area contributed by atoms with E-state index in [-0.39, 0.29) is 5.41 Å². The second-order valence-corrected chi connectivity index (χ2v) is 9.09. The van der Waals surface area contributed by atoms with Gasteiger partial charge in [-0.15, -0.1) is 16.4 Å². The fourth-order valence-electron chi connectivity index (χ4n) is 2.11. The van der Waals surface area contributed by atoms with Gasteiger partial charge in [-0.1, -0.05) is 32.2 Å². The van der Waals surface area contributed by atoms with Crippen molar-refractivity contribution in [1.82, 2.24) is 14.9 Å². The van der Waals surface area contributed by atoms with Crippen LogP contribution in [0.4, 0.5) is 0 Å². The van der Waals surface area contributed by atoms with Crippen molar-refractivity contribution < 1.29 is 0 Å². The highest BCUT2D eigenvalue weighted by Crippen LogP contribution is 2.33. The van der Waals surface area contributed by atoms with Gasteiger partial charge in [0.1, 0.15) is 0 Å². The molecule has 0 bridgehead atoms.